The number of benzene rings is 2. The number of urea groups is 1. The molecule has 206 valence electrons. The van der Waals surface area contributed by atoms with Gasteiger partial charge in [-0.25, -0.2) is 9.18 Å². The van der Waals surface area contributed by atoms with Crippen LogP contribution in [0.15, 0.2) is 60.0 Å². The number of rotatable bonds is 6. The van der Waals surface area contributed by atoms with E-state index in [0.29, 0.717) is 38.5 Å². The van der Waals surface area contributed by atoms with Gasteiger partial charge in [0.25, 0.3) is 0 Å². The van der Waals surface area contributed by atoms with Gasteiger partial charge in [0.2, 0.25) is 5.91 Å². The van der Waals surface area contributed by atoms with Gasteiger partial charge in [0.1, 0.15) is 5.82 Å². The van der Waals surface area contributed by atoms with Crippen LogP contribution in [0.1, 0.15) is 60.7 Å². The molecule has 5 rings (SSSR count). The summed E-state index contributed by atoms with van der Waals surface area (Å²) < 4.78 is 14.1. The first-order valence-corrected chi connectivity index (χ1v) is 14.7. The molecule has 6 nitrogen and oxygen atoms in total. The smallest absolute Gasteiger partial charge is 0.322 e. The van der Waals surface area contributed by atoms with Gasteiger partial charge in [-0.3, -0.25) is 9.69 Å². The molecule has 39 heavy (non-hydrogen) atoms. The summed E-state index contributed by atoms with van der Waals surface area (Å²) in [5.74, 6) is 0.297. The third-order valence-corrected chi connectivity index (χ3v) is 8.91. The minimum Gasteiger partial charge on any atom is -0.339 e. The molecule has 8 heteroatoms. The molecule has 3 amide bonds. The minimum atomic E-state index is -0.241. The fourth-order valence-corrected chi connectivity index (χ4v) is 6.61. The topological polar surface area (TPSA) is 55.9 Å². The highest BCUT2D eigenvalue weighted by Crippen LogP contribution is 2.38. The Morgan fingerprint density at radius 2 is 1.87 bits per heavy atom. The average molecular weight is 549 g/mol. The molecule has 1 saturated heterocycles. The number of nitrogens with one attached hydrogen (secondary N) is 1. The summed E-state index contributed by atoms with van der Waals surface area (Å²) in [7, 11) is 0. The number of anilines is 1. The Morgan fingerprint density at radius 1 is 1.08 bits per heavy atom. The Kier molecular flexibility index (Phi) is 8.33. The third kappa shape index (κ3) is 6.17. The van der Waals surface area contributed by atoms with Crippen molar-refractivity contribution in [2.75, 3.05) is 38.0 Å². The van der Waals surface area contributed by atoms with Crippen molar-refractivity contribution in [3.05, 3.63) is 87.4 Å². The van der Waals surface area contributed by atoms with E-state index in [-0.39, 0.29) is 29.8 Å². The van der Waals surface area contributed by atoms with Gasteiger partial charge in [-0.05, 0) is 71.7 Å². The molecule has 3 heterocycles. The second-order valence-corrected chi connectivity index (χ2v) is 11.9. The lowest BCUT2D eigenvalue weighted by Gasteiger charge is -2.40. The maximum atomic E-state index is 14.1. The zero-order valence-corrected chi connectivity index (χ0v) is 23.7. The van der Waals surface area contributed by atoms with Crippen LogP contribution >= 0.6 is 11.3 Å². The Hall–Kier alpha value is -3.23. The molecule has 2 atom stereocenters. The number of amides is 3. The minimum absolute atomic E-state index is 0.0439. The predicted octanol–water partition coefficient (Wildman–Crippen LogP) is 6.11. The summed E-state index contributed by atoms with van der Waals surface area (Å²) in [6.07, 6.45) is 1.34. The number of hydrogen-bond acceptors (Lipinski definition) is 4. The van der Waals surface area contributed by atoms with Crippen molar-refractivity contribution in [2.45, 2.75) is 51.6 Å². The lowest BCUT2D eigenvalue weighted by Crippen LogP contribution is -2.56. The van der Waals surface area contributed by atoms with Crippen molar-refractivity contribution in [3.63, 3.8) is 0 Å². The van der Waals surface area contributed by atoms with Gasteiger partial charge in [0.15, 0.2) is 0 Å². The first kappa shape index (κ1) is 27.3. The number of nitrogens with zero attached hydrogens (tertiary/aromatic N) is 3. The molecule has 0 radical (unpaired) electrons. The van der Waals surface area contributed by atoms with Gasteiger partial charge < -0.3 is 15.1 Å². The van der Waals surface area contributed by atoms with E-state index < -0.39 is 0 Å². The van der Waals surface area contributed by atoms with Gasteiger partial charge in [-0.2, -0.15) is 0 Å². The van der Waals surface area contributed by atoms with Crippen molar-refractivity contribution < 1.29 is 14.0 Å². The summed E-state index contributed by atoms with van der Waals surface area (Å²) >= 11 is 1.75. The van der Waals surface area contributed by atoms with Crippen molar-refractivity contribution in [3.8, 4) is 0 Å². The number of carbonyl (C=O) groups is 2. The monoisotopic (exact) mass is 548 g/mol. The molecule has 0 bridgehead atoms. The van der Waals surface area contributed by atoms with Gasteiger partial charge in [0.05, 0.1) is 6.04 Å². The average Bonchev–Trinajstić information content (AvgIpc) is 3.40. The second kappa shape index (κ2) is 11.9. The van der Waals surface area contributed by atoms with Crippen LogP contribution in [0.4, 0.5) is 14.9 Å². The lowest BCUT2D eigenvalue weighted by molar-refractivity contribution is -0.134. The van der Waals surface area contributed by atoms with E-state index in [1.807, 2.05) is 47.1 Å². The number of piperazine rings is 1. The summed E-state index contributed by atoms with van der Waals surface area (Å²) in [6, 6.07) is 16.6. The lowest BCUT2D eigenvalue weighted by atomic mass is 9.93. The molecule has 0 spiro atoms. The van der Waals surface area contributed by atoms with Crippen LogP contribution in [0.25, 0.3) is 0 Å². The van der Waals surface area contributed by atoms with E-state index in [1.165, 1.54) is 22.1 Å². The number of halogens is 1. The predicted molar refractivity (Wildman–Crippen MR) is 155 cm³/mol. The molecular formula is C31H37FN4O2S. The standard InChI is InChI=1S/C31H37FN4O2S/c1-21(2)23-7-9-26(10-8-23)33-31(38)36-17-16-35(20-22(36)3)29(37)12-15-34-14-11-28-27(13-18-39-28)30(34)24-5-4-6-25(32)19-24/h4-10,13,18-19,21-22,30H,11-12,14-17,20H2,1-3H3,(H,33,38)/t22-,30+/m1/s1. The van der Waals surface area contributed by atoms with E-state index in [9.17, 15) is 14.0 Å². The molecule has 1 aromatic heterocycles. The molecule has 2 aromatic carbocycles. The zero-order valence-electron chi connectivity index (χ0n) is 22.9. The quantitative estimate of drug-likeness (QED) is 0.404. The highest BCUT2D eigenvalue weighted by atomic mass is 32.1. The highest BCUT2D eigenvalue weighted by Gasteiger charge is 2.32. The SMILES string of the molecule is CC(C)c1ccc(NC(=O)N2CCN(C(=O)CCN3CCc4sccc4[C@@H]3c3cccc(F)c3)C[C@H]2C)cc1. The van der Waals surface area contributed by atoms with Crippen LogP contribution in [0.3, 0.4) is 0 Å². The van der Waals surface area contributed by atoms with Crippen LogP contribution in [0.5, 0.6) is 0 Å². The molecule has 0 aliphatic carbocycles. The van der Waals surface area contributed by atoms with Gasteiger partial charge in [-0.15, -0.1) is 11.3 Å². The molecule has 1 N–H and O–H groups in total. The summed E-state index contributed by atoms with van der Waals surface area (Å²) in [4.78, 5) is 33.5. The molecule has 3 aromatic rings. The van der Waals surface area contributed by atoms with Crippen LogP contribution in [0.2, 0.25) is 0 Å². The fourth-order valence-electron chi connectivity index (χ4n) is 5.71. The highest BCUT2D eigenvalue weighted by molar-refractivity contribution is 7.10. The third-order valence-electron chi connectivity index (χ3n) is 7.91. The number of fused-ring (bicyclic) bond motifs is 1. The van der Waals surface area contributed by atoms with Crippen molar-refractivity contribution >= 4 is 29.0 Å². The molecule has 1 fully saturated rings. The summed E-state index contributed by atoms with van der Waals surface area (Å²) in [5, 5.41) is 5.10. The fraction of sp³-hybridized carbons (Fsp3) is 0.419. The second-order valence-electron chi connectivity index (χ2n) is 10.9. The Morgan fingerprint density at radius 3 is 2.59 bits per heavy atom. The molecule has 0 unspecified atom stereocenters. The zero-order chi connectivity index (χ0) is 27.5. The van der Waals surface area contributed by atoms with Crippen molar-refractivity contribution in [1.29, 1.82) is 0 Å². The van der Waals surface area contributed by atoms with E-state index in [2.05, 4.69) is 35.5 Å². The van der Waals surface area contributed by atoms with E-state index in [1.54, 1.807) is 23.5 Å². The maximum absolute atomic E-state index is 14.1. The molecular weight excluding hydrogens is 511 g/mol. The largest absolute Gasteiger partial charge is 0.339 e. The maximum Gasteiger partial charge on any atom is 0.322 e. The number of carbonyl (C=O) groups excluding carboxylic acids is 2. The number of hydrogen-bond donors (Lipinski definition) is 1. The van der Waals surface area contributed by atoms with Crippen LogP contribution in [-0.4, -0.2) is 65.4 Å². The molecule has 2 aliphatic rings. The Bertz CT molecular complexity index is 1310. The Balaban J connectivity index is 1.17. The van der Waals surface area contributed by atoms with Gasteiger partial charge in [0, 0.05) is 55.8 Å². The van der Waals surface area contributed by atoms with E-state index in [0.717, 1.165) is 24.2 Å². The van der Waals surface area contributed by atoms with Crippen LogP contribution in [0, 0.1) is 5.82 Å². The number of thiophene rings is 1. The Labute approximate surface area is 234 Å². The first-order chi connectivity index (χ1) is 18.8. The van der Waals surface area contributed by atoms with Gasteiger partial charge >= 0.3 is 6.03 Å². The molecule has 2 aliphatic heterocycles. The van der Waals surface area contributed by atoms with Crippen molar-refractivity contribution in [1.82, 2.24) is 14.7 Å². The first-order valence-electron chi connectivity index (χ1n) is 13.8. The normalized spacial score (nSPS) is 19.7. The van der Waals surface area contributed by atoms with Crippen molar-refractivity contribution in [2.24, 2.45) is 0 Å². The van der Waals surface area contributed by atoms with Gasteiger partial charge in [-0.1, -0.05) is 38.1 Å². The summed E-state index contributed by atoms with van der Waals surface area (Å²) in [5.41, 5.74) is 4.15. The molecule has 0 saturated carbocycles. The van der Waals surface area contributed by atoms with Crippen LogP contribution in [-0.2, 0) is 11.2 Å². The van der Waals surface area contributed by atoms with E-state index in [4.69, 9.17) is 0 Å². The summed E-state index contributed by atoms with van der Waals surface area (Å²) in [6.45, 7) is 9.25. The van der Waals surface area contributed by atoms with E-state index >= 15 is 0 Å². The van der Waals surface area contributed by atoms with Crippen LogP contribution < -0.4 is 5.32 Å².